The van der Waals surface area contributed by atoms with Crippen molar-refractivity contribution >= 4 is 15.7 Å². The Morgan fingerprint density at radius 3 is 2.12 bits per heavy atom. The lowest BCUT2D eigenvalue weighted by Gasteiger charge is -2.36. The lowest BCUT2D eigenvalue weighted by atomic mass is 10.1. The largest absolute Gasteiger partial charge is 0.491 e. The first-order valence-electron chi connectivity index (χ1n) is 8.95. The number of ether oxygens (including phenoxy) is 1. The summed E-state index contributed by atoms with van der Waals surface area (Å²) in [7, 11) is -3.47. The minimum Gasteiger partial charge on any atom is -0.491 e. The van der Waals surface area contributed by atoms with Crippen LogP contribution in [0.15, 0.2) is 53.4 Å². The molecule has 6 heteroatoms. The number of aryl methyl sites for hydroxylation is 1. The smallest absolute Gasteiger partial charge is 0.243 e. The van der Waals surface area contributed by atoms with E-state index in [1.165, 1.54) is 11.3 Å². The second kappa shape index (κ2) is 7.68. The van der Waals surface area contributed by atoms with Crippen LogP contribution in [0.5, 0.6) is 5.75 Å². The van der Waals surface area contributed by atoms with Gasteiger partial charge in [-0.05, 0) is 56.7 Å². The minimum absolute atomic E-state index is 0.0620. The van der Waals surface area contributed by atoms with E-state index in [-0.39, 0.29) is 6.10 Å². The Morgan fingerprint density at radius 2 is 1.54 bits per heavy atom. The van der Waals surface area contributed by atoms with Crippen LogP contribution in [-0.2, 0) is 10.0 Å². The standard InChI is InChI=1S/C20H26N2O3S/c1-16(2)25-18-8-10-19(11-9-18)26(23,24)22-14-12-21(13-15-22)20-7-5-4-6-17(20)3/h4-11,16H,12-15H2,1-3H3. The maximum atomic E-state index is 12.9. The Morgan fingerprint density at radius 1 is 0.923 bits per heavy atom. The third-order valence-corrected chi connectivity index (χ3v) is 6.44. The minimum atomic E-state index is -3.47. The molecule has 1 aliphatic rings. The van der Waals surface area contributed by atoms with Gasteiger partial charge in [-0.3, -0.25) is 0 Å². The summed E-state index contributed by atoms with van der Waals surface area (Å²) < 4.78 is 33.0. The number of hydrogen-bond donors (Lipinski definition) is 0. The van der Waals surface area contributed by atoms with Crippen molar-refractivity contribution in [1.82, 2.24) is 4.31 Å². The second-order valence-electron chi connectivity index (χ2n) is 6.82. The summed E-state index contributed by atoms with van der Waals surface area (Å²) in [5.41, 5.74) is 2.39. The van der Waals surface area contributed by atoms with Crippen molar-refractivity contribution in [2.45, 2.75) is 31.8 Å². The number of piperazine rings is 1. The van der Waals surface area contributed by atoms with E-state index in [9.17, 15) is 8.42 Å². The van der Waals surface area contributed by atoms with Gasteiger partial charge in [0, 0.05) is 31.9 Å². The van der Waals surface area contributed by atoms with Gasteiger partial charge in [-0.15, -0.1) is 0 Å². The molecular formula is C20H26N2O3S. The van der Waals surface area contributed by atoms with Gasteiger partial charge in [-0.1, -0.05) is 18.2 Å². The first-order valence-corrected chi connectivity index (χ1v) is 10.4. The molecular weight excluding hydrogens is 348 g/mol. The van der Waals surface area contributed by atoms with Crippen molar-refractivity contribution in [1.29, 1.82) is 0 Å². The quantitative estimate of drug-likeness (QED) is 0.806. The Kier molecular flexibility index (Phi) is 5.53. The lowest BCUT2D eigenvalue weighted by Crippen LogP contribution is -2.48. The summed E-state index contributed by atoms with van der Waals surface area (Å²) >= 11 is 0. The van der Waals surface area contributed by atoms with Crippen LogP contribution in [0.25, 0.3) is 0 Å². The molecule has 1 saturated heterocycles. The predicted octanol–water partition coefficient (Wildman–Crippen LogP) is 3.29. The van der Waals surface area contributed by atoms with Gasteiger partial charge in [0.25, 0.3) is 0 Å². The van der Waals surface area contributed by atoms with Crippen LogP contribution >= 0.6 is 0 Å². The van der Waals surface area contributed by atoms with E-state index in [2.05, 4.69) is 24.0 Å². The summed E-state index contributed by atoms with van der Waals surface area (Å²) in [5.74, 6) is 0.684. The van der Waals surface area contributed by atoms with Crippen molar-refractivity contribution in [3.05, 3.63) is 54.1 Å². The number of hydrogen-bond acceptors (Lipinski definition) is 4. The summed E-state index contributed by atoms with van der Waals surface area (Å²) in [6, 6.07) is 14.9. The van der Waals surface area contributed by atoms with Crippen LogP contribution in [0.4, 0.5) is 5.69 Å². The molecule has 0 bridgehead atoms. The number of anilines is 1. The fourth-order valence-corrected chi connectivity index (χ4v) is 4.62. The molecule has 26 heavy (non-hydrogen) atoms. The molecule has 0 unspecified atom stereocenters. The molecule has 0 spiro atoms. The summed E-state index contributed by atoms with van der Waals surface area (Å²) in [4.78, 5) is 2.57. The van der Waals surface area contributed by atoms with Crippen molar-refractivity contribution in [3.63, 3.8) is 0 Å². The molecule has 1 aliphatic heterocycles. The molecule has 0 saturated carbocycles. The zero-order valence-electron chi connectivity index (χ0n) is 15.6. The van der Waals surface area contributed by atoms with Gasteiger partial charge in [0.2, 0.25) is 10.0 Å². The van der Waals surface area contributed by atoms with Crippen molar-refractivity contribution in [2.75, 3.05) is 31.1 Å². The van der Waals surface area contributed by atoms with Crippen LogP contribution in [-0.4, -0.2) is 45.0 Å². The van der Waals surface area contributed by atoms with Gasteiger partial charge >= 0.3 is 0 Å². The van der Waals surface area contributed by atoms with E-state index in [1.54, 1.807) is 28.6 Å². The molecule has 5 nitrogen and oxygen atoms in total. The molecule has 0 aliphatic carbocycles. The average Bonchev–Trinajstić information content (AvgIpc) is 2.62. The number of rotatable bonds is 5. The van der Waals surface area contributed by atoms with Crippen LogP contribution in [0.1, 0.15) is 19.4 Å². The third-order valence-electron chi connectivity index (χ3n) is 4.53. The molecule has 2 aromatic carbocycles. The molecule has 3 rings (SSSR count). The molecule has 0 aromatic heterocycles. The van der Waals surface area contributed by atoms with Gasteiger partial charge < -0.3 is 9.64 Å². The fourth-order valence-electron chi connectivity index (χ4n) is 3.20. The van der Waals surface area contributed by atoms with Gasteiger partial charge in [0.15, 0.2) is 0 Å². The Balaban J connectivity index is 1.69. The normalized spacial score (nSPS) is 16.1. The molecule has 2 aromatic rings. The van der Waals surface area contributed by atoms with E-state index in [0.717, 1.165) is 0 Å². The van der Waals surface area contributed by atoms with Crippen molar-refractivity contribution < 1.29 is 13.2 Å². The zero-order chi connectivity index (χ0) is 18.7. The zero-order valence-corrected chi connectivity index (χ0v) is 16.4. The molecule has 1 heterocycles. The van der Waals surface area contributed by atoms with Crippen LogP contribution in [0.3, 0.4) is 0 Å². The summed E-state index contributed by atoms with van der Waals surface area (Å²) in [6.45, 7) is 8.33. The van der Waals surface area contributed by atoms with Gasteiger partial charge in [-0.25, -0.2) is 8.42 Å². The first-order chi connectivity index (χ1) is 12.4. The second-order valence-corrected chi connectivity index (χ2v) is 8.75. The van der Waals surface area contributed by atoms with Crippen molar-refractivity contribution in [3.8, 4) is 5.75 Å². The van der Waals surface area contributed by atoms with Crippen molar-refractivity contribution in [2.24, 2.45) is 0 Å². The topological polar surface area (TPSA) is 49.9 Å². The van der Waals surface area contributed by atoms with E-state index >= 15 is 0 Å². The highest BCUT2D eigenvalue weighted by molar-refractivity contribution is 7.89. The highest BCUT2D eigenvalue weighted by atomic mass is 32.2. The molecule has 0 radical (unpaired) electrons. The van der Waals surface area contributed by atoms with Crippen LogP contribution in [0.2, 0.25) is 0 Å². The van der Waals surface area contributed by atoms with Crippen LogP contribution in [0, 0.1) is 6.92 Å². The number of sulfonamides is 1. The molecule has 1 fully saturated rings. The summed E-state index contributed by atoms with van der Waals surface area (Å²) in [5, 5.41) is 0. The number of benzene rings is 2. The van der Waals surface area contributed by atoms with E-state index in [4.69, 9.17) is 4.74 Å². The van der Waals surface area contributed by atoms with E-state index in [1.807, 2.05) is 26.0 Å². The Labute approximate surface area is 156 Å². The predicted molar refractivity (Wildman–Crippen MR) is 104 cm³/mol. The number of para-hydroxylation sites is 1. The van der Waals surface area contributed by atoms with E-state index in [0.29, 0.717) is 36.8 Å². The maximum absolute atomic E-state index is 12.9. The maximum Gasteiger partial charge on any atom is 0.243 e. The van der Waals surface area contributed by atoms with Crippen LogP contribution < -0.4 is 9.64 Å². The first kappa shape index (κ1) is 18.7. The molecule has 0 atom stereocenters. The monoisotopic (exact) mass is 374 g/mol. The average molecular weight is 375 g/mol. The molecule has 140 valence electrons. The Hall–Kier alpha value is -2.05. The summed E-state index contributed by atoms with van der Waals surface area (Å²) in [6.07, 6.45) is 0.0620. The number of nitrogens with zero attached hydrogens (tertiary/aromatic N) is 2. The highest BCUT2D eigenvalue weighted by Crippen LogP contribution is 2.24. The SMILES string of the molecule is Cc1ccccc1N1CCN(S(=O)(=O)c2ccc(OC(C)C)cc2)CC1. The lowest BCUT2D eigenvalue weighted by molar-refractivity contribution is 0.242. The van der Waals surface area contributed by atoms with E-state index < -0.39 is 10.0 Å². The molecule has 0 N–H and O–H groups in total. The third kappa shape index (κ3) is 4.02. The van der Waals surface area contributed by atoms with Gasteiger partial charge in [-0.2, -0.15) is 4.31 Å². The van der Waals surface area contributed by atoms with Gasteiger partial charge in [0.05, 0.1) is 11.0 Å². The van der Waals surface area contributed by atoms with Gasteiger partial charge in [0.1, 0.15) is 5.75 Å². The molecule has 0 amide bonds. The fraction of sp³-hybridized carbons (Fsp3) is 0.400. The highest BCUT2D eigenvalue weighted by Gasteiger charge is 2.28. The Bertz CT molecular complexity index is 840.